The summed E-state index contributed by atoms with van der Waals surface area (Å²) in [5, 5.41) is 9.16. The first-order valence-corrected chi connectivity index (χ1v) is 9.35. The molecule has 1 heterocycles. The molecule has 1 amide bonds. The number of carbonyl (C=O) groups is 1. The topological polar surface area (TPSA) is 106 Å². The second kappa shape index (κ2) is 7.56. The highest BCUT2D eigenvalue weighted by atomic mass is 32.2. The molecule has 0 atom stereocenters. The Kier molecular flexibility index (Phi) is 5.20. The summed E-state index contributed by atoms with van der Waals surface area (Å²) in [5.41, 5.74) is 2.64. The number of hydrogen-bond acceptors (Lipinski definition) is 6. The van der Waals surface area contributed by atoms with E-state index in [1.165, 1.54) is 36.9 Å². The summed E-state index contributed by atoms with van der Waals surface area (Å²) in [7, 11) is -2.28. The molecular formula is C19H16N2O5S. The molecular weight excluding hydrogens is 368 g/mol. The van der Waals surface area contributed by atoms with E-state index in [9.17, 15) is 13.2 Å². The van der Waals surface area contributed by atoms with Crippen molar-refractivity contribution in [3.05, 3.63) is 66.2 Å². The van der Waals surface area contributed by atoms with Gasteiger partial charge in [-0.25, -0.2) is 18.9 Å². The second-order valence-electron chi connectivity index (χ2n) is 5.55. The number of amides is 1. The molecule has 8 heteroatoms. The second-order valence-corrected chi connectivity index (χ2v) is 7.45. The Hall–Kier alpha value is -3.23. The fourth-order valence-corrected chi connectivity index (χ4v) is 3.74. The third-order valence-electron chi connectivity index (χ3n) is 3.91. The van der Waals surface area contributed by atoms with Gasteiger partial charge in [0.15, 0.2) is 5.03 Å². The lowest BCUT2D eigenvalue weighted by atomic mass is 10.1. The minimum atomic E-state index is -3.78. The molecule has 0 saturated carbocycles. The summed E-state index contributed by atoms with van der Waals surface area (Å²) in [6, 6.07) is 14.3. The molecule has 0 unspecified atom stereocenters. The molecule has 2 N–H and O–H groups in total. The zero-order chi connectivity index (χ0) is 19.4. The van der Waals surface area contributed by atoms with Gasteiger partial charge >= 0.3 is 0 Å². The third-order valence-corrected chi connectivity index (χ3v) is 5.58. The summed E-state index contributed by atoms with van der Waals surface area (Å²) in [6.45, 7) is 0. The predicted molar refractivity (Wildman–Crippen MR) is 99.2 cm³/mol. The first-order chi connectivity index (χ1) is 13.0. The van der Waals surface area contributed by atoms with Gasteiger partial charge in [-0.1, -0.05) is 12.1 Å². The van der Waals surface area contributed by atoms with Gasteiger partial charge in [-0.05, 0) is 54.1 Å². The van der Waals surface area contributed by atoms with Crippen LogP contribution in [0.3, 0.4) is 0 Å². The number of benzene rings is 2. The first-order valence-electron chi connectivity index (χ1n) is 7.87. The molecule has 0 aliphatic carbocycles. The summed E-state index contributed by atoms with van der Waals surface area (Å²) in [5.74, 6) is -0.109. The van der Waals surface area contributed by atoms with Gasteiger partial charge in [0.25, 0.3) is 5.91 Å². The van der Waals surface area contributed by atoms with Crippen molar-refractivity contribution in [2.75, 3.05) is 7.11 Å². The minimum Gasteiger partial charge on any atom is -0.497 e. The molecule has 0 radical (unpaired) electrons. The average molecular weight is 384 g/mol. The molecule has 0 fully saturated rings. The van der Waals surface area contributed by atoms with E-state index < -0.39 is 15.7 Å². The van der Waals surface area contributed by atoms with Crippen molar-refractivity contribution < 1.29 is 23.2 Å². The SMILES string of the molecule is COc1ccc(S(=O)(=O)c2ccc3c(/C=C/C(=O)NO)cccc3n2)cc1. The molecule has 0 bridgehead atoms. The fourth-order valence-electron chi connectivity index (χ4n) is 2.53. The monoisotopic (exact) mass is 384 g/mol. The molecule has 7 nitrogen and oxygen atoms in total. The zero-order valence-electron chi connectivity index (χ0n) is 14.3. The van der Waals surface area contributed by atoms with Crippen LogP contribution in [-0.4, -0.2) is 31.6 Å². The van der Waals surface area contributed by atoms with Crippen molar-refractivity contribution in [2.24, 2.45) is 0 Å². The van der Waals surface area contributed by atoms with Crippen molar-refractivity contribution in [2.45, 2.75) is 9.92 Å². The van der Waals surface area contributed by atoms with E-state index in [2.05, 4.69) is 4.98 Å². The number of nitrogens with zero attached hydrogens (tertiary/aromatic N) is 1. The molecule has 0 spiro atoms. The van der Waals surface area contributed by atoms with Gasteiger partial charge in [0, 0.05) is 11.5 Å². The lowest BCUT2D eigenvalue weighted by molar-refractivity contribution is -0.124. The largest absolute Gasteiger partial charge is 0.497 e. The highest BCUT2D eigenvalue weighted by molar-refractivity contribution is 7.91. The molecule has 1 aromatic heterocycles. The summed E-state index contributed by atoms with van der Waals surface area (Å²) in [4.78, 5) is 15.5. The Morgan fingerprint density at radius 2 is 1.85 bits per heavy atom. The van der Waals surface area contributed by atoms with Crippen LogP contribution in [0.25, 0.3) is 17.0 Å². The summed E-state index contributed by atoms with van der Waals surface area (Å²) < 4.78 is 30.7. The quantitative estimate of drug-likeness (QED) is 0.398. The number of methoxy groups -OCH3 is 1. The van der Waals surface area contributed by atoms with E-state index >= 15 is 0 Å². The normalized spacial score (nSPS) is 11.6. The number of ether oxygens (including phenoxy) is 1. The van der Waals surface area contributed by atoms with Crippen LogP contribution in [0.2, 0.25) is 0 Å². The highest BCUT2D eigenvalue weighted by Crippen LogP contribution is 2.25. The Bertz CT molecular complexity index is 1120. The smallest absolute Gasteiger partial charge is 0.267 e. The lowest BCUT2D eigenvalue weighted by Gasteiger charge is -2.07. The predicted octanol–water partition coefficient (Wildman–Crippen LogP) is 2.59. The highest BCUT2D eigenvalue weighted by Gasteiger charge is 2.20. The van der Waals surface area contributed by atoms with Crippen molar-refractivity contribution >= 4 is 32.7 Å². The van der Waals surface area contributed by atoms with Gasteiger partial charge in [-0.2, -0.15) is 0 Å². The van der Waals surface area contributed by atoms with Crippen LogP contribution in [0.15, 0.2) is 70.6 Å². The Labute approximate surface area is 155 Å². The Balaban J connectivity index is 2.03. The van der Waals surface area contributed by atoms with Gasteiger partial charge in [0.1, 0.15) is 5.75 Å². The maximum atomic E-state index is 12.8. The number of hydrogen-bond donors (Lipinski definition) is 2. The zero-order valence-corrected chi connectivity index (χ0v) is 15.1. The van der Waals surface area contributed by atoms with Crippen LogP contribution >= 0.6 is 0 Å². The van der Waals surface area contributed by atoms with Crippen LogP contribution in [-0.2, 0) is 14.6 Å². The van der Waals surface area contributed by atoms with Crippen LogP contribution in [0.1, 0.15) is 5.56 Å². The lowest BCUT2D eigenvalue weighted by Crippen LogP contribution is -2.14. The maximum Gasteiger partial charge on any atom is 0.267 e. The number of pyridine rings is 1. The van der Waals surface area contributed by atoms with Crippen molar-refractivity contribution in [3.8, 4) is 5.75 Å². The van der Waals surface area contributed by atoms with Gasteiger partial charge < -0.3 is 4.74 Å². The molecule has 27 heavy (non-hydrogen) atoms. The van der Waals surface area contributed by atoms with Crippen molar-refractivity contribution in [3.63, 3.8) is 0 Å². The number of fused-ring (bicyclic) bond motifs is 1. The molecule has 0 aliphatic rings. The Morgan fingerprint density at radius 1 is 1.11 bits per heavy atom. The number of sulfone groups is 1. The van der Waals surface area contributed by atoms with E-state index in [1.807, 2.05) is 0 Å². The van der Waals surface area contributed by atoms with Crippen molar-refractivity contribution in [1.29, 1.82) is 0 Å². The summed E-state index contributed by atoms with van der Waals surface area (Å²) >= 11 is 0. The molecule has 3 aromatic rings. The van der Waals surface area contributed by atoms with E-state index in [0.717, 1.165) is 6.08 Å². The van der Waals surface area contributed by atoms with Gasteiger partial charge in [-0.3, -0.25) is 10.0 Å². The average Bonchev–Trinajstić information content (AvgIpc) is 2.71. The van der Waals surface area contributed by atoms with Crippen LogP contribution in [0.4, 0.5) is 0 Å². The van der Waals surface area contributed by atoms with E-state index in [-0.39, 0.29) is 9.92 Å². The molecule has 2 aromatic carbocycles. The van der Waals surface area contributed by atoms with Gasteiger partial charge in [0.05, 0.1) is 17.5 Å². The Morgan fingerprint density at radius 3 is 2.52 bits per heavy atom. The third kappa shape index (κ3) is 3.81. The maximum absolute atomic E-state index is 12.8. The number of aromatic nitrogens is 1. The minimum absolute atomic E-state index is 0.0746. The van der Waals surface area contributed by atoms with E-state index in [0.29, 0.717) is 22.2 Å². The van der Waals surface area contributed by atoms with Crippen LogP contribution < -0.4 is 10.2 Å². The molecule has 138 valence electrons. The number of hydroxylamine groups is 1. The van der Waals surface area contributed by atoms with Crippen molar-refractivity contribution in [1.82, 2.24) is 10.5 Å². The van der Waals surface area contributed by atoms with Gasteiger partial charge in [-0.15, -0.1) is 0 Å². The first kappa shape index (κ1) is 18.6. The molecule has 0 aliphatic heterocycles. The van der Waals surface area contributed by atoms with Crippen LogP contribution in [0, 0.1) is 0 Å². The molecule has 3 rings (SSSR count). The van der Waals surface area contributed by atoms with E-state index in [4.69, 9.17) is 9.94 Å². The number of nitrogens with one attached hydrogen (secondary N) is 1. The standard InChI is InChI=1S/C19H16N2O5S/c1-26-14-6-8-15(9-7-14)27(24,25)19-12-10-16-13(5-11-18(22)21-23)3-2-4-17(16)20-19/h2-12,23H,1H3,(H,21,22)/b11-5+. The number of carbonyl (C=O) groups excluding carboxylic acids is 1. The van der Waals surface area contributed by atoms with Gasteiger partial charge in [0.2, 0.25) is 9.84 Å². The van der Waals surface area contributed by atoms with Crippen LogP contribution in [0.5, 0.6) is 5.75 Å². The number of rotatable bonds is 5. The fraction of sp³-hybridized carbons (Fsp3) is 0.0526. The summed E-state index contributed by atoms with van der Waals surface area (Å²) in [6.07, 6.45) is 2.67. The van der Waals surface area contributed by atoms with E-state index in [1.54, 1.807) is 36.4 Å². The molecule has 0 saturated heterocycles.